The van der Waals surface area contributed by atoms with Gasteiger partial charge < -0.3 is 14.5 Å². The van der Waals surface area contributed by atoms with Crippen LogP contribution in [0.1, 0.15) is 21.9 Å². The molecule has 1 fully saturated rings. The van der Waals surface area contributed by atoms with E-state index in [9.17, 15) is 9.59 Å². The van der Waals surface area contributed by atoms with Crippen LogP contribution in [0.2, 0.25) is 0 Å². The molecule has 3 rings (SSSR count). The Kier molecular flexibility index (Phi) is 3.79. The van der Waals surface area contributed by atoms with Crippen molar-refractivity contribution in [3.63, 3.8) is 0 Å². The van der Waals surface area contributed by atoms with Crippen molar-refractivity contribution in [2.75, 3.05) is 13.2 Å². The van der Waals surface area contributed by atoms with Crippen LogP contribution in [-0.4, -0.2) is 25.0 Å². The minimum atomic E-state index is -0.353. The Morgan fingerprint density at radius 2 is 2.29 bits per heavy atom. The molecule has 0 radical (unpaired) electrons. The molecule has 1 amide bonds. The van der Waals surface area contributed by atoms with E-state index in [0.717, 1.165) is 16.4 Å². The number of hydrogen-bond donors (Lipinski definition) is 1. The van der Waals surface area contributed by atoms with Crippen molar-refractivity contribution in [3.8, 4) is 10.6 Å². The zero-order valence-corrected chi connectivity index (χ0v) is 12.4. The van der Waals surface area contributed by atoms with E-state index in [1.165, 1.54) is 11.3 Å². The van der Waals surface area contributed by atoms with Crippen LogP contribution in [0, 0.1) is 12.8 Å². The molecule has 1 N–H and O–H groups in total. The van der Waals surface area contributed by atoms with Crippen molar-refractivity contribution in [1.29, 1.82) is 0 Å². The van der Waals surface area contributed by atoms with Crippen molar-refractivity contribution in [1.82, 2.24) is 5.32 Å². The second-order valence-electron chi connectivity index (χ2n) is 5.05. The average Bonchev–Trinajstić information content (AvgIpc) is 3.16. The van der Waals surface area contributed by atoms with E-state index in [0.29, 0.717) is 17.8 Å². The van der Waals surface area contributed by atoms with E-state index in [-0.39, 0.29) is 24.4 Å². The van der Waals surface area contributed by atoms with E-state index < -0.39 is 0 Å². The third-order valence-corrected chi connectivity index (χ3v) is 4.38. The predicted octanol–water partition coefficient (Wildman–Crippen LogP) is 2.61. The van der Waals surface area contributed by atoms with Gasteiger partial charge in [-0.25, -0.2) is 4.79 Å². The lowest BCUT2D eigenvalue weighted by molar-refractivity contribution is -0.119. The molecule has 110 valence electrons. The summed E-state index contributed by atoms with van der Waals surface area (Å²) in [5.41, 5.74) is 0. The lowest BCUT2D eigenvalue weighted by Gasteiger charge is -2.07. The Morgan fingerprint density at radius 1 is 1.43 bits per heavy atom. The second kappa shape index (κ2) is 5.73. The number of ether oxygens (including phenoxy) is 1. The number of hydrogen-bond acceptors (Lipinski definition) is 5. The summed E-state index contributed by atoms with van der Waals surface area (Å²) in [6, 6.07) is 7.35. The minimum absolute atomic E-state index is 0.0163. The molecule has 0 unspecified atom stereocenters. The van der Waals surface area contributed by atoms with E-state index >= 15 is 0 Å². The van der Waals surface area contributed by atoms with Gasteiger partial charge in [0.15, 0.2) is 0 Å². The van der Waals surface area contributed by atoms with E-state index in [1.54, 1.807) is 6.07 Å². The SMILES string of the molecule is Cc1ccc(-c2ccc(C(=O)OC[C@@H]3CNC(=O)C3)s2)o1. The lowest BCUT2D eigenvalue weighted by atomic mass is 10.1. The molecule has 1 saturated heterocycles. The highest BCUT2D eigenvalue weighted by molar-refractivity contribution is 7.17. The summed E-state index contributed by atoms with van der Waals surface area (Å²) in [5, 5.41) is 2.72. The smallest absolute Gasteiger partial charge is 0.348 e. The number of esters is 1. The number of thiophene rings is 1. The summed E-state index contributed by atoms with van der Waals surface area (Å²) in [6.07, 6.45) is 0.425. The van der Waals surface area contributed by atoms with Crippen molar-refractivity contribution in [2.45, 2.75) is 13.3 Å². The first-order valence-electron chi connectivity index (χ1n) is 6.72. The van der Waals surface area contributed by atoms with E-state index in [2.05, 4.69) is 5.32 Å². The number of amides is 1. The maximum Gasteiger partial charge on any atom is 0.348 e. The summed E-state index contributed by atoms with van der Waals surface area (Å²) >= 11 is 1.34. The molecule has 2 aromatic rings. The number of rotatable bonds is 4. The van der Waals surface area contributed by atoms with Gasteiger partial charge in [0.1, 0.15) is 16.4 Å². The number of carbonyl (C=O) groups excluding carboxylic acids is 2. The summed E-state index contributed by atoms with van der Waals surface area (Å²) < 4.78 is 10.8. The van der Waals surface area contributed by atoms with Gasteiger partial charge in [0, 0.05) is 18.9 Å². The highest BCUT2D eigenvalue weighted by Crippen LogP contribution is 2.30. The van der Waals surface area contributed by atoms with Crippen LogP contribution in [0.5, 0.6) is 0 Å². The van der Waals surface area contributed by atoms with Crippen molar-refractivity contribution in [2.24, 2.45) is 5.92 Å². The van der Waals surface area contributed by atoms with E-state index in [1.807, 2.05) is 25.1 Å². The normalized spacial score (nSPS) is 17.8. The van der Waals surface area contributed by atoms with Gasteiger partial charge in [-0.1, -0.05) is 0 Å². The van der Waals surface area contributed by atoms with Crippen molar-refractivity contribution < 1.29 is 18.7 Å². The summed E-state index contributed by atoms with van der Waals surface area (Å²) in [6.45, 7) is 2.72. The van der Waals surface area contributed by atoms with Gasteiger partial charge in [0.25, 0.3) is 0 Å². The van der Waals surface area contributed by atoms with Crippen molar-refractivity contribution >= 4 is 23.2 Å². The fraction of sp³-hybridized carbons (Fsp3) is 0.333. The Bertz CT molecular complexity index is 673. The molecule has 2 aromatic heterocycles. The molecule has 0 saturated carbocycles. The number of aryl methyl sites for hydroxylation is 1. The standard InChI is InChI=1S/C15H15NO4S/c1-9-2-3-11(20-9)12-4-5-13(21-12)15(18)19-8-10-6-14(17)16-7-10/h2-5,10H,6-8H2,1H3,(H,16,17)/t10-/m0/s1. The third kappa shape index (κ3) is 3.16. The molecule has 3 heterocycles. The van der Waals surface area contributed by atoms with Crippen LogP contribution in [0.4, 0.5) is 0 Å². The molecular weight excluding hydrogens is 290 g/mol. The lowest BCUT2D eigenvalue weighted by Crippen LogP contribution is -2.17. The zero-order chi connectivity index (χ0) is 14.8. The Hall–Kier alpha value is -2.08. The highest BCUT2D eigenvalue weighted by Gasteiger charge is 2.23. The van der Waals surface area contributed by atoms with Gasteiger partial charge in [-0.3, -0.25) is 4.79 Å². The Balaban J connectivity index is 1.60. The first kappa shape index (κ1) is 13.9. The molecule has 5 nitrogen and oxygen atoms in total. The van der Waals surface area contributed by atoms with Gasteiger partial charge in [-0.15, -0.1) is 11.3 Å². The van der Waals surface area contributed by atoms with Crippen molar-refractivity contribution in [3.05, 3.63) is 34.9 Å². The number of nitrogens with one attached hydrogen (secondary N) is 1. The zero-order valence-electron chi connectivity index (χ0n) is 11.5. The molecule has 6 heteroatoms. The number of furan rings is 1. The molecule has 0 bridgehead atoms. The third-order valence-electron chi connectivity index (χ3n) is 3.30. The molecule has 0 aromatic carbocycles. The fourth-order valence-corrected chi connectivity index (χ4v) is 3.06. The van der Waals surface area contributed by atoms with Crippen LogP contribution in [-0.2, 0) is 9.53 Å². The Labute approximate surface area is 125 Å². The molecule has 0 aliphatic carbocycles. The summed E-state index contributed by atoms with van der Waals surface area (Å²) in [5.74, 6) is 1.33. The summed E-state index contributed by atoms with van der Waals surface area (Å²) in [4.78, 5) is 24.5. The van der Waals surface area contributed by atoms with E-state index in [4.69, 9.17) is 9.15 Å². The molecular formula is C15H15NO4S. The molecule has 0 spiro atoms. The molecule has 1 atom stereocenters. The quantitative estimate of drug-likeness (QED) is 0.882. The van der Waals surface area contributed by atoms with Gasteiger partial charge in [0.2, 0.25) is 5.91 Å². The minimum Gasteiger partial charge on any atom is -0.461 e. The second-order valence-corrected chi connectivity index (χ2v) is 6.13. The highest BCUT2D eigenvalue weighted by atomic mass is 32.1. The molecule has 1 aliphatic heterocycles. The molecule has 21 heavy (non-hydrogen) atoms. The largest absolute Gasteiger partial charge is 0.461 e. The fourth-order valence-electron chi connectivity index (χ4n) is 2.19. The first-order valence-corrected chi connectivity index (χ1v) is 7.54. The maximum atomic E-state index is 12.0. The predicted molar refractivity (Wildman–Crippen MR) is 78.2 cm³/mol. The van der Waals surface area contributed by atoms with Gasteiger partial charge in [-0.05, 0) is 31.2 Å². The molecule has 1 aliphatic rings. The van der Waals surface area contributed by atoms with Crippen LogP contribution in [0.3, 0.4) is 0 Å². The average molecular weight is 305 g/mol. The van der Waals surface area contributed by atoms with Gasteiger partial charge >= 0.3 is 5.97 Å². The van der Waals surface area contributed by atoms with Crippen LogP contribution >= 0.6 is 11.3 Å². The van der Waals surface area contributed by atoms with Crippen LogP contribution < -0.4 is 5.32 Å². The summed E-state index contributed by atoms with van der Waals surface area (Å²) in [7, 11) is 0. The van der Waals surface area contributed by atoms with Gasteiger partial charge in [0.05, 0.1) is 11.5 Å². The van der Waals surface area contributed by atoms with Gasteiger partial charge in [-0.2, -0.15) is 0 Å². The monoisotopic (exact) mass is 305 g/mol. The topological polar surface area (TPSA) is 68.5 Å². The number of carbonyl (C=O) groups is 2. The van der Waals surface area contributed by atoms with Crippen LogP contribution in [0.15, 0.2) is 28.7 Å². The maximum absolute atomic E-state index is 12.0. The van der Waals surface area contributed by atoms with Crippen LogP contribution in [0.25, 0.3) is 10.6 Å². The Morgan fingerprint density at radius 3 is 2.95 bits per heavy atom. The first-order chi connectivity index (χ1) is 10.1.